The second-order valence-corrected chi connectivity index (χ2v) is 7.46. The predicted octanol–water partition coefficient (Wildman–Crippen LogP) is 2.65. The van der Waals surface area contributed by atoms with Crippen LogP contribution in [0.3, 0.4) is 0 Å². The first kappa shape index (κ1) is 20.8. The Bertz CT molecular complexity index is 896. The van der Waals surface area contributed by atoms with Gasteiger partial charge in [0.25, 0.3) is 5.91 Å². The van der Waals surface area contributed by atoms with Crippen LogP contribution >= 0.6 is 11.6 Å². The fraction of sp³-hybridized carbons (Fsp3) is 0.333. The zero-order valence-corrected chi connectivity index (χ0v) is 16.9. The molecule has 0 saturated carbocycles. The van der Waals surface area contributed by atoms with E-state index in [9.17, 15) is 14.4 Å². The summed E-state index contributed by atoms with van der Waals surface area (Å²) in [6, 6.07) is 8.62. The van der Waals surface area contributed by atoms with E-state index in [1.165, 1.54) is 0 Å². The molecule has 0 atom stereocenters. The minimum atomic E-state index is -0.723. The van der Waals surface area contributed by atoms with Gasteiger partial charge in [0, 0.05) is 42.7 Å². The number of benzene rings is 1. The molecular formula is C21H23ClN4O3. The third kappa shape index (κ3) is 5.32. The molecule has 7 nitrogen and oxygen atoms in total. The maximum Gasteiger partial charge on any atom is 0.313 e. The van der Waals surface area contributed by atoms with Gasteiger partial charge in [-0.2, -0.15) is 0 Å². The number of piperidine rings is 1. The number of pyridine rings is 1. The Labute approximate surface area is 174 Å². The summed E-state index contributed by atoms with van der Waals surface area (Å²) < 4.78 is 0. The van der Waals surface area contributed by atoms with Crippen molar-refractivity contribution in [2.75, 3.05) is 25.0 Å². The normalized spacial score (nSPS) is 14.3. The predicted molar refractivity (Wildman–Crippen MR) is 111 cm³/mol. The van der Waals surface area contributed by atoms with Crippen molar-refractivity contribution in [3.63, 3.8) is 0 Å². The Kier molecular flexibility index (Phi) is 6.82. The molecule has 8 heteroatoms. The first-order valence-electron chi connectivity index (χ1n) is 9.49. The van der Waals surface area contributed by atoms with E-state index in [1.54, 1.807) is 54.5 Å². The van der Waals surface area contributed by atoms with Crippen LogP contribution in [0.1, 0.15) is 28.8 Å². The van der Waals surface area contributed by atoms with Gasteiger partial charge in [-0.3, -0.25) is 19.4 Å². The Hall–Kier alpha value is -2.93. The van der Waals surface area contributed by atoms with Crippen LogP contribution in [-0.4, -0.2) is 47.2 Å². The van der Waals surface area contributed by atoms with Crippen molar-refractivity contribution in [1.82, 2.24) is 15.2 Å². The standard InChI is InChI=1S/C21H23ClN4O3/c1-14-17(22)5-2-6-18(14)25-20(28)19(27)24-12-15-7-10-26(11-8-15)21(29)16-4-3-9-23-13-16/h2-6,9,13,15H,7-8,10-12H2,1H3,(H,24,27)(H,25,28). The zero-order chi connectivity index (χ0) is 20.8. The Morgan fingerprint density at radius 3 is 2.59 bits per heavy atom. The van der Waals surface area contributed by atoms with Crippen molar-refractivity contribution in [2.45, 2.75) is 19.8 Å². The number of carbonyl (C=O) groups is 3. The molecule has 1 saturated heterocycles. The van der Waals surface area contributed by atoms with E-state index in [0.29, 0.717) is 41.5 Å². The number of hydrogen-bond donors (Lipinski definition) is 2. The number of nitrogens with zero attached hydrogens (tertiary/aromatic N) is 2. The molecule has 1 aromatic carbocycles. The molecule has 2 aromatic rings. The fourth-order valence-electron chi connectivity index (χ4n) is 3.25. The summed E-state index contributed by atoms with van der Waals surface area (Å²) in [5.41, 5.74) is 1.80. The van der Waals surface area contributed by atoms with E-state index < -0.39 is 11.8 Å². The van der Waals surface area contributed by atoms with Crippen LogP contribution in [0.15, 0.2) is 42.7 Å². The van der Waals surface area contributed by atoms with Gasteiger partial charge >= 0.3 is 11.8 Å². The SMILES string of the molecule is Cc1c(Cl)cccc1NC(=O)C(=O)NCC1CCN(C(=O)c2cccnc2)CC1. The van der Waals surface area contributed by atoms with Gasteiger partial charge in [0.15, 0.2) is 0 Å². The number of carbonyl (C=O) groups excluding carboxylic acids is 3. The van der Waals surface area contributed by atoms with Crippen molar-refractivity contribution in [3.05, 3.63) is 58.9 Å². The molecule has 0 bridgehead atoms. The third-order valence-electron chi connectivity index (χ3n) is 5.08. The van der Waals surface area contributed by atoms with Gasteiger partial charge in [0.1, 0.15) is 0 Å². The maximum atomic E-state index is 12.4. The summed E-state index contributed by atoms with van der Waals surface area (Å²) in [6.45, 7) is 3.40. The topological polar surface area (TPSA) is 91.4 Å². The number of amides is 3. The second-order valence-electron chi connectivity index (χ2n) is 7.05. The average Bonchev–Trinajstić information content (AvgIpc) is 2.75. The molecule has 0 spiro atoms. The lowest BCUT2D eigenvalue weighted by molar-refractivity contribution is -0.136. The molecule has 1 aromatic heterocycles. The Balaban J connectivity index is 1.44. The lowest BCUT2D eigenvalue weighted by atomic mass is 9.96. The van der Waals surface area contributed by atoms with Crippen LogP contribution in [-0.2, 0) is 9.59 Å². The number of likely N-dealkylation sites (tertiary alicyclic amines) is 1. The van der Waals surface area contributed by atoms with Gasteiger partial charge in [0.05, 0.1) is 5.56 Å². The highest BCUT2D eigenvalue weighted by Crippen LogP contribution is 2.23. The lowest BCUT2D eigenvalue weighted by Crippen LogP contribution is -2.43. The molecule has 3 rings (SSSR count). The van der Waals surface area contributed by atoms with Crippen LogP contribution in [0.25, 0.3) is 0 Å². The minimum absolute atomic E-state index is 0.0307. The summed E-state index contributed by atoms with van der Waals surface area (Å²) in [5, 5.41) is 5.79. The van der Waals surface area contributed by atoms with Crippen LogP contribution in [0.2, 0.25) is 5.02 Å². The number of hydrogen-bond acceptors (Lipinski definition) is 4. The second kappa shape index (κ2) is 9.52. The monoisotopic (exact) mass is 414 g/mol. The summed E-state index contributed by atoms with van der Waals surface area (Å²) in [7, 11) is 0. The molecule has 1 aliphatic heterocycles. The van der Waals surface area contributed by atoms with Gasteiger partial charge < -0.3 is 15.5 Å². The highest BCUT2D eigenvalue weighted by molar-refractivity contribution is 6.40. The van der Waals surface area contributed by atoms with E-state index in [-0.39, 0.29) is 11.8 Å². The first-order chi connectivity index (χ1) is 14.0. The molecule has 2 heterocycles. The van der Waals surface area contributed by atoms with Crippen molar-refractivity contribution < 1.29 is 14.4 Å². The zero-order valence-electron chi connectivity index (χ0n) is 16.2. The van der Waals surface area contributed by atoms with Gasteiger partial charge in [-0.25, -0.2) is 0 Å². The Morgan fingerprint density at radius 2 is 1.90 bits per heavy atom. The fourth-order valence-corrected chi connectivity index (χ4v) is 3.43. The van der Waals surface area contributed by atoms with E-state index in [1.807, 2.05) is 0 Å². The lowest BCUT2D eigenvalue weighted by Gasteiger charge is -2.32. The number of nitrogens with one attached hydrogen (secondary N) is 2. The third-order valence-corrected chi connectivity index (χ3v) is 5.49. The summed E-state index contributed by atoms with van der Waals surface area (Å²) in [6.07, 6.45) is 4.73. The summed E-state index contributed by atoms with van der Waals surface area (Å²) in [4.78, 5) is 42.5. The molecule has 29 heavy (non-hydrogen) atoms. The van der Waals surface area contributed by atoms with Gasteiger partial charge in [-0.15, -0.1) is 0 Å². The molecule has 2 N–H and O–H groups in total. The van der Waals surface area contributed by atoms with Crippen LogP contribution in [0.5, 0.6) is 0 Å². The highest BCUT2D eigenvalue weighted by Gasteiger charge is 2.25. The smallest absolute Gasteiger partial charge is 0.313 e. The van der Waals surface area contributed by atoms with Crippen LogP contribution in [0, 0.1) is 12.8 Å². The molecule has 0 aliphatic carbocycles. The van der Waals surface area contributed by atoms with E-state index in [0.717, 1.165) is 12.8 Å². The van der Waals surface area contributed by atoms with Crippen molar-refractivity contribution in [1.29, 1.82) is 0 Å². The van der Waals surface area contributed by atoms with Crippen LogP contribution in [0.4, 0.5) is 5.69 Å². The molecule has 3 amide bonds. The van der Waals surface area contributed by atoms with E-state index >= 15 is 0 Å². The molecule has 0 radical (unpaired) electrons. The van der Waals surface area contributed by atoms with Crippen molar-refractivity contribution in [3.8, 4) is 0 Å². The Morgan fingerprint density at radius 1 is 1.14 bits per heavy atom. The largest absolute Gasteiger partial charge is 0.348 e. The first-order valence-corrected chi connectivity index (χ1v) is 9.87. The maximum absolute atomic E-state index is 12.4. The molecular weight excluding hydrogens is 392 g/mol. The quantitative estimate of drug-likeness (QED) is 0.752. The molecule has 1 fully saturated rings. The van der Waals surface area contributed by atoms with Gasteiger partial charge in [0.2, 0.25) is 0 Å². The van der Waals surface area contributed by atoms with E-state index in [2.05, 4.69) is 15.6 Å². The van der Waals surface area contributed by atoms with E-state index in [4.69, 9.17) is 11.6 Å². The van der Waals surface area contributed by atoms with Crippen molar-refractivity contribution in [2.24, 2.45) is 5.92 Å². The van der Waals surface area contributed by atoms with Gasteiger partial charge in [-0.1, -0.05) is 17.7 Å². The number of aromatic nitrogens is 1. The minimum Gasteiger partial charge on any atom is -0.348 e. The number of anilines is 1. The van der Waals surface area contributed by atoms with Crippen LogP contribution < -0.4 is 10.6 Å². The summed E-state index contributed by atoms with van der Waals surface area (Å²) >= 11 is 6.03. The molecule has 1 aliphatic rings. The number of halogens is 1. The van der Waals surface area contributed by atoms with Crippen molar-refractivity contribution >= 4 is 35.0 Å². The van der Waals surface area contributed by atoms with Gasteiger partial charge in [-0.05, 0) is 55.5 Å². The number of rotatable bonds is 4. The summed E-state index contributed by atoms with van der Waals surface area (Å²) in [5.74, 6) is -1.22. The molecule has 0 unspecified atom stereocenters. The average molecular weight is 415 g/mol. The molecule has 152 valence electrons. The highest BCUT2D eigenvalue weighted by atomic mass is 35.5.